The van der Waals surface area contributed by atoms with E-state index in [1.165, 1.54) is 38.5 Å². The van der Waals surface area contributed by atoms with Crippen LogP contribution in [0.25, 0.3) is 11.2 Å². The van der Waals surface area contributed by atoms with Gasteiger partial charge in [-0.15, -0.1) is 5.10 Å². The lowest BCUT2D eigenvalue weighted by atomic mass is 9.49. The summed E-state index contributed by atoms with van der Waals surface area (Å²) in [5.74, 6) is 4.21. The van der Waals surface area contributed by atoms with Crippen LogP contribution in [0.5, 0.6) is 0 Å². The number of carbonyl (C=O) groups excluding carboxylic acids is 1. The highest BCUT2D eigenvalue weighted by molar-refractivity contribution is 5.83. The van der Waals surface area contributed by atoms with Gasteiger partial charge in [-0.05, 0) is 112 Å². The predicted octanol–water partition coefficient (Wildman–Crippen LogP) is 4.42. The highest BCUT2D eigenvalue weighted by Gasteiger charge is 2.58. The molecule has 2 aromatic rings. The summed E-state index contributed by atoms with van der Waals surface area (Å²) in [6.45, 7) is 4.76. The number of hydrogen-bond donors (Lipinski definition) is 1. The zero-order valence-electron chi connectivity index (χ0n) is 19.4. The van der Waals surface area contributed by atoms with Crippen LogP contribution in [0.15, 0.2) is 18.3 Å². The zero-order chi connectivity index (χ0) is 22.1. The molecule has 0 aromatic carbocycles. The Bertz CT molecular complexity index is 1030. The molecule has 4 saturated carbocycles. The molecule has 172 valence electrons. The molecular formula is C26H36N4O2. The number of pyridine rings is 1. The van der Waals surface area contributed by atoms with Crippen molar-refractivity contribution in [2.24, 2.45) is 40.9 Å². The van der Waals surface area contributed by atoms with Gasteiger partial charge in [-0.3, -0.25) is 4.79 Å². The number of aromatic nitrogens is 4. The number of aliphatic hydroxyl groups is 1. The molecule has 32 heavy (non-hydrogen) atoms. The maximum absolute atomic E-state index is 13.5. The zero-order valence-corrected chi connectivity index (χ0v) is 19.4. The molecule has 0 spiro atoms. The fourth-order valence-electron chi connectivity index (χ4n) is 8.80. The minimum absolute atomic E-state index is 0.125. The summed E-state index contributed by atoms with van der Waals surface area (Å²) in [7, 11) is 0. The van der Waals surface area contributed by atoms with Gasteiger partial charge in [0, 0.05) is 12.1 Å². The van der Waals surface area contributed by atoms with Gasteiger partial charge >= 0.3 is 0 Å². The molecule has 2 aromatic heterocycles. The average Bonchev–Trinajstić information content (AvgIpc) is 3.33. The summed E-state index contributed by atoms with van der Waals surface area (Å²) < 4.78 is 1.74. The number of rotatable bonds is 3. The van der Waals surface area contributed by atoms with E-state index in [0.29, 0.717) is 29.8 Å². The van der Waals surface area contributed by atoms with E-state index >= 15 is 0 Å². The Morgan fingerprint density at radius 2 is 1.94 bits per heavy atom. The Labute approximate surface area is 190 Å². The molecule has 0 unspecified atom stereocenters. The van der Waals surface area contributed by atoms with E-state index in [1.807, 2.05) is 19.1 Å². The van der Waals surface area contributed by atoms with Crippen LogP contribution in [-0.4, -0.2) is 36.5 Å². The molecule has 6 rings (SSSR count). The van der Waals surface area contributed by atoms with Crippen LogP contribution >= 0.6 is 0 Å². The lowest BCUT2D eigenvalue weighted by Crippen LogP contribution is -2.51. The first-order chi connectivity index (χ1) is 15.4. The first-order valence-electron chi connectivity index (χ1n) is 12.7. The standard InChI is InChI=1S/C26H36N4O2/c1-25(32)11-9-17-16(14-25)5-6-19-18(17)10-12-26(2)20(19)7-8-21(26)23(31)15-30-22-4-3-13-27-24(22)28-29-30/h3-4,13,16-21,32H,5-12,14-15H2,1-2H3/t16-,17+,18-,19-,20+,21-,25-,26+/m1/s1. The summed E-state index contributed by atoms with van der Waals surface area (Å²) in [6.07, 6.45) is 12.1. The first kappa shape index (κ1) is 20.8. The molecule has 4 aliphatic rings. The third-order valence-electron chi connectivity index (χ3n) is 10.2. The van der Waals surface area contributed by atoms with Crippen molar-refractivity contribution in [1.29, 1.82) is 0 Å². The number of hydrogen-bond acceptors (Lipinski definition) is 5. The summed E-state index contributed by atoms with van der Waals surface area (Å²) in [6, 6.07) is 3.82. The van der Waals surface area contributed by atoms with E-state index in [-0.39, 0.29) is 11.3 Å². The van der Waals surface area contributed by atoms with Crippen molar-refractivity contribution in [3.8, 4) is 0 Å². The Morgan fingerprint density at radius 3 is 2.81 bits per heavy atom. The van der Waals surface area contributed by atoms with Crippen molar-refractivity contribution in [3.05, 3.63) is 18.3 Å². The predicted molar refractivity (Wildman–Crippen MR) is 122 cm³/mol. The SMILES string of the molecule is C[C@@]1(O)CC[C@H]2[C@H](CC[C@@H]3[C@@H]2CC[C@]2(C)[C@@H](C(=O)Cn4nnc5ncccc54)CC[C@@H]32)C1. The quantitative estimate of drug-likeness (QED) is 0.771. The Morgan fingerprint density at radius 1 is 1.09 bits per heavy atom. The van der Waals surface area contributed by atoms with E-state index in [0.717, 1.165) is 42.5 Å². The van der Waals surface area contributed by atoms with Crippen molar-refractivity contribution in [2.75, 3.05) is 0 Å². The van der Waals surface area contributed by atoms with Gasteiger partial charge in [0.05, 0.1) is 5.60 Å². The minimum atomic E-state index is -0.455. The molecule has 8 atom stereocenters. The molecule has 0 saturated heterocycles. The second kappa shape index (κ2) is 7.34. The molecule has 4 aliphatic carbocycles. The molecular weight excluding hydrogens is 400 g/mol. The van der Waals surface area contributed by atoms with Gasteiger partial charge in [-0.25, -0.2) is 9.67 Å². The van der Waals surface area contributed by atoms with Crippen molar-refractivity contribution in [3.63, 3.8) is 0 Å². The number of Topliss-reactive ketones (excluding diaryl/α,β-unsaturated/α-hetero) is 1. The van der Waals surface area contributed by atoms with Crippen LogP contribution in [0.2, 0.25) is 0 Å². The van der Waals surface area contributed by atoms with Gasteiger partial charge < -0.3 is 5.11 Å². The fraction of sp³-hybridized carbons (Fsp3) is 0.769. The molecule has 6 nitrogen and oxygen atoms in total. The van der Waals surface area contributed by atoms with Gasteiger partial charge in [-0.1, -0.05) is 12.1 Å². The molecule has 4 fully saturated rings. The number of nitrogens with zero attached hydrogens (tertiary/aromatic N) is 4. The van der Waals surface area contributed by atoms with E-state index in [2.05, 4.69) is 22.2 Å². The van der Waals surface area contributed by atoms with Gasteiger partial charge in [0.25, 0.3) is 0 Å². The average molecular weight is 437 g/mol. The van der Waals surface area contributed by atoms with Crippen LogP contribution in [0.1, 0.15) is 71.6 Å². The Hall–Kier alpha value is -1.82. The molecule has 2 heterocycles. The van der Waals surface area contributed by atoms with Crippen molar-refractivity contribution >= 4 is 16.9 Å². The highest BCUT2D eigenvalue weighted by atomic mass is 16.3. The third kappa shape index (κ3) is 3.16. The van der Waals surface area contributed by atoms with E-state index in [1.54, 1.807) is 10.9 Å². The minimum Gasteiger partial charge on any atom is -0.390 e. The van der Waals surface area contributed by atoms with E-state index in [4.69, 9.17) is 0 Å². The van der Waals surface area contributed by atoms with E-state index in [9.17, 15) is 9.90 Å². The van der Waals surface area contributed by atoms with Crippen molar-refractivity contribution in [1.82, 2.24) is 20.0 Å². The third-order valence-corrected chi connectivity index (χ3v) is 10.2. The van der Waals surface area contributed by atoms with Crippen molar-refractivity contribution in [2.45, 2.75) is 83.8 Å². The summed E-state index contributed by atoms with van der Waals surface area (Å²) in [5.41, 5.74) is 1.12. The van der Waals surface area contributed by atoms with Gasteiger partial charge in [0.15, 0.2) is 5.78 Å². The molecule has 0 radical (unpaired) electrons. The number of ketones is 1. The maximum Gasteiger partial charge on any atom is 0.201 e. The monoisotopic (exact) mass is 436 g/mol. The molecule has 6 heteroatoms. The Balaban J connectivity index is 1.20. The molecule has 1 N–H and O–H groups in total. The van der Waals surface area contributed by atoms with Crippen molar-refractivity contribution < 1.29 is 9.90 Å². The summed E-state index contributed by atoms with van der Waals surface area (Å²) in [4.78, 5) is 17.8. The van der Waals surface area contributed by atoms with Gasteiger partial charge in [0.2, 0.25) is 5.65 Å². The van der Waals surface area contributed by atoms with Crippen LogP contribution in [0, 0.1) is 40.9 Å². The van der Waals surface area contributed by atoms with Crippen LogP contribution in [-0.2, 0) is 11.3 Å². The molecule has 0 aliphatic heterocycles. The Kier molecular flexibility index (Phi) is 4.76. The molecule has 0 amide bonds. The second-order valence-corrected chi connectivity index (χ2v) is 11.9. The normalized spacial score (nSPS) is 43.5. The van der Waals surface area contributed by atoms with Crippen LogP contribution < -0.4 is 0 Å². The van der Waals surface area contributed by atoms with Crippen LogP contribution in [0.4, 0.5) is 0 Å². The summed E-state index contributed by atoms with van der Waals surface area (Å²) >= 11 is 0. The highest BCUT2D eigenvalue weighted by Crippen LogP contribution is 2.64. The van der Waals surface area contributed by atoms with Gasteiger partial charge in [0.1, 0.15) is 12.1 Å². The number of carbonyl (C=O) groups is 1. The fourth-order valence-corrected chi connectivity index (χ4v) is 8.80. The molecule has 0 bridgehead atoms. The lowest BCUT2D eigenvalue weighted by molar-refractivity contribution is -0.133. The maximum atomic E-state index is 13.5. The first-order valence-corrected chi connectivity index (χ1v) is 12.7. The summed E-state index contributed by atoms with van der Waals surface area (Å²) in [5, 5.41) is 19.0. The van der Waals surface area contributed by atoms with Crippen LogP contribution in [0.3, 0.4) is 0 Å². The second-order valence-electron chi connectivity index (χ2n) is 11.9. The largest absolute Gasteiger partial charge is 0.390 e. The van der Waals surface area contributed by atoms with E-state index < -0.39 is 5.60 Å². The number of fused-ring (bicyclic) bond motifs is 6. The van der Waals surface area contributed by atoms with Gasteiger partial charge in [-0.2, -0.15) is 0 Å². The topological polar surface area (TPSA) is 80.9 Å². The lowest BCUT2D eigenvalue weighted by Gasteiger charge is -2.56. The smallest absolute Gasteiger partial charge is 0.201 e.